The van der Waals surface area contributed by atoms with Gasteiger partial charge in [0, 0.05) is 6.42 Å². The van der Waals surface area contributed by atoms with Crippen LogP contribution in [-0.4, -0.2) is 44.7 Å². The minimum Gasteiger partial charge on any atom is -0.481 e. The number of aliphatic hydroxyl groups is 3. The quantitative estimate of drug-likeness (QED) is 0.571. The van der Waals surface area contributed by atoms with E-state index in [2.05, 4.69) is 20.8 Å². The van der Waals surface area contributed by atoms with Crippen molar-refractivity contribution in [2.75, 3.05) is 0 Å². The number of hydrogen-bond acceptors (Lipinski definition) is 4. The van der Waals surface area contributed by atoms with Crippen LogP contribution in [-0.2, 0) is 4.79 Å². The zero-order valence-electron chi connectivity index (χ0n) is 18.3. The van der Waals surface area contributed by atoms with Crippen LogP contribution < -0.4 is 0 Å². The van der Waals surface area contributed by atoms with Gasteiger partial charge in [0.2, 0.25) is 0 Å². The molecular weight excluding hydrogens is 368 g/mol. The minimum atomic E-state index is -0.748. The van der Waals surface area contributed by atoms with Crippen molar-refractivity contribution >= 4 is 5.97 Å². The topological polar surface area (TPSA) is 98.0 Å². The van der Waals surface area contributed by atoms with Crippen molar-refractivity contribution < 1.29 is 25.2 Å². The van der Waals surface area contributed by atoms with E-state index < -0.39 is 12.1 Å². The fraction of sp³-hybridized carbons (Fsp3) is 0.958. The van der Waals surface area contributed by atoms with E-state index in [4.69, 9.17) is 5.11 Å². The standard InChI is InChI=1S/C24H40O5/c1-13(4-7-21(28)29)16-5-6-17-22-18(12-20(27)24(16,17)3)23(2)9-8-15(25)10-14(23)11-19(22)26/h13-20,22,25-27H,4-12H2,1-3H3,(H,28,29)/t13-,14?,15-,16-,17+,18+,19-,20+,22?,23?,24-/m1/s1. The molecule has 0 heterocycles. The van der Waals surface area contributed by atoms with Gasteiger partial charge in [-0.3, -0.25) is 4.79 Å². The summed E-state index contributed by atoms with van der Waals surface area (Å²) in [6, 6.07) is 0. The number of rotatable bonds is 4. The first-order valence-electron chi connectivity index (χ1n) is 11.8. The zero-order chi connectivity index (χ0) is 21.1. The SMILES string of the molecule is C[C@H](CCC(=O)O)[C@H]1CC[C@H]2C3[C@H](O)CC4C[C@H](O)CCC4(C)[C@H]3C[C@H](O)[C@]12C. The predicted molar refractivity (Wildman–Crippen MR) is 110 cm³/mol. The molecule has 4 fully saturated rings. The molecule has 5 heteroatoms. The molecule has 4 saturated carbocycles. The first-order chi connectivity index (χ1) is 13.6. The second kappa shape index (κ2) is 7.49. The third-order valence-electron chi connectivity index (χ3n) is 10.3. The monoisotopic (exact) mass is 408 g/mol. The summed E-state index contributed by atoms with van der Waals surface area (Å²) >= 11 is 0. The van der Waals surface area contributed by atoms with Crippen LogP contribution in [0.2, 0.25) is 0 Å². The highest BCUT2D eigenvalue weighted by atomic mass is 16.4. The molecule has 0 bridgehead atoms. The van der Waals surface area contributed by atoms with Crippen molar-refractivity contribution in [2.45, 2.75) is 96.9 Å². The molecule has 3 unspecified atom stereocenters. The van der Waals surface area contributed by atoms with Gasteiger partial charge in [-0.05, 0) is 97.7 Å². The van der Waals surface area contributed by atoms with Crippen LogP contribution in [0.4, 0.5) is 0 Å². The summed E-state index contributed by atoms with van der Waals surface area (Å²) in [5.74, 6) is 0.997. The van der Waals surface area contributed by atoms with E-state index in [1.807, 2.05) is 0 Å². The Bertz CT molecular complexity index is 637. The van der Waals surface area contributed by atoms with Crippen LogP contribution in [0.1, 0.15) is 78.6 Å². The number of fused-ring (bicyclic) bond motifs is 5. The lowest BCUT2D eigenvalue weighted by atomic mass is 9.43. The largest absolute Gasteiger partial charge is 0.481 e. The number of aliphatic carboxylic acids is 1. The Hall–Kier alpha value is -0.650. The van der Waals surface area contributed by atoms with E-state index >= 15 is 0 Å². The lowest BCUT2D eigenvalue weighted by Gasteiger charge is -2.63. The lowest BCUT2D eigenvalue weighted by molar-refractivity contribution is -0.207. The molecule has 166 valence electrons. The van der Waals surface area contributed by atoms with Gasteiger partial charge in [-0.15, -0.1) is 0 Å². The van der Waals surface area contributed by atoms with Crippen LogP contribution in [0.15, 0.2) is 0 Å². The molecule has 29 heavy (non-hydrogen) atoms. The van der Waals surface area contributed by atoms with Crippen molar-refractivity contribution in [1.29, 1.82) is 0 Å². The molecular formula is C24H40O5. The van der Waals surface area contributed by atoms with Crippen LogP contribution in [0, 0.1) is 46.3 Å². The molecule has 0 radical (unpaired) electrons. The number of aliphatic hydroxyl groups excluding tert-OH is 3. The Morgan fingerprint density at radius 3 is 2.45 bits per heavy atom. The Morgan fingerprint density at radius 1 is 1.03 bits per heavy atom. The molecule has 5 nitrogen and oxygen atoms in total. The third-order valence-corrected chi connectivity index (χ3v) is 10.3. The minimum absolute atomic E-state index is 0.0957. The smallest absolute Gasteiger partial charge is 0.303 e. The summed E-state index contributed by atoms with van der Waals surface area (Å²) < 4.78 is 0. The van der Waals surface area contributed by atoms with Gasteiger partial charge in [-0.1, -0.05) is 20.8 Å². The number of carboxylic acid groups (broad SMARTS) is 1. The van der Waals surface area contributed by atoms with E-state index in [-0.39, 0.29) is 41.3 Å². The average molecular weight is 409 g/mol. The predicted octanol–water partition coefficient (Wildman–Crippen LogP) is 3.45. The van der Waals surface area contributed by atoms with E-state index in [1.165, 1.54) is 0 Å². The molecule has 0 aromatic carbocycles. The van der Waals surface area contributed by atoms with Crippen LogP contribution in [0.3, 0.4) is 0 Å². The van der Waals surface area contributed by atoms with E-state index in [0.717, 1.165) is 44.9 Å². The number of hydrogen-bond donors (Lipinski definition) is 4. The maximum Gasteiger partial charge on any atom is 0.303 e. The molecule has 0 aliphatic heterocycles. The highest BCUT2D eigenvalue weighted by Crippen LogP contribution is 2.68. The maximum absolute atomic E-state index is 11.5. The van der Waals surface area contributed by atoms with Crippen LogP contribution in [0.25, 0.3) is 0 Å². The summed E-state index contributed by atoms with van der Waals surface area (Å²) in [7, 11) is 0. The second-order valence-corrected chi connectivity index (χ2v) is 11.4. The van der Waals surface area contributed by atoms with Crippen LogP contribution >= 0.6 is 0 Å². The normalized spacial score (nSPS) is 52.9. The first-order valence-corrected chi connectivity index (χ1v) is 11.8. The van der Waals surface area contributed by atoms with Crippen molar-refractivity contribution in [3.63, 3.8) is 0 Å². The van der Waals surface area contributed by atoms with Gasteiger partial charge in [-0.25, -0.2) is 0 Å². The van der Waals surface area contributed by atoms with E-state index in [9.17, 15) is 20.1 Å². The van der Waals surface area contributed by atoms with Gasteiger partial charge in [0.25, 0.3) is 0 Å². The fourth-order valence-corrected chi connectivity index (χ4v) is 8.68. The molecule has 4 N–H and O–H groups in total. The molecule has 4 aliphatic rings. The molecule has 0 amide bonds. The van der Waals surface area contributed by atoms with E-state index in [0.29, 0.717) is 30.1 Å². The number of carboxylic acids is 1. The summed E-state index contributed by atoms with van der Waals surface area (Å²) in [4.78, 5) is 11.1. The van der Waals surface area contributed by atoms with Gasteiger partial charge >= 0.3 is 5.97 Å². The van der Waals surface area contributed by atoms with Crippen LogP contribution in [0.5, 0.6) is 0 Å². The van der Waals surface area contributed by atoms with Crippen molar-refractivity contribution in [2.24, 2.45) is 46.3 Å². The lowest BCUT2D eigenvalue weighted by Crippen LogP contribution is -2.62. The van der Waals surface area contributed by atoms with E-state index in [1.54, 1.807) is 0 Å². The Labute approximate surface area is 174 Å². The number of carbonyl (C=O) groups is 1. The Balaban J connectivity index is 1.61. The summed E-state index contributed by atoms with van der Waals surface area (Å²) in [6.07, 6.45) is 6.00. The van der Waals surface area contributed by atoms with Gasteiger partial charge in [0.05, 0.1) is 18.3 Å². The summed E-state index contributed by atoms with van der Waals surface area (Å²) in [5, 5.41) is 42.0. The average Bonchev–Trinajstić information content (AvgIpc) is 3.01. The van der Waals surface area contributed by atoms with Crippen molar-refractivity contribution in [3.05, 3.63) is 0 Å². The van der Waals surface area contributed by atoms with Crippen molar-refractivity contribution in [1.82, 2.24) is 0 Å². The highest BCUT2D eigenvalue weighted by molar-refractivity contribution is 5.66. The molecule has 0 aromatic heterocycles. The first kappa shape index (κ1) is 21.6. The molecule has 0 aromatic rings. The summed E-state index contributed by atoms with van der Waals surface area (Å²) in [5.41, 5.74) is -0.143. The molecule has 0 spiro atoms. The summed E-state index contributed by atoms with van der Waals surface area (Å²) in [6.45, 7) is 6.72. The molecule has 0 saturated heterocycles. The molecule has 11 atom stereocenters. The third kappa shape index (κ3) is 3.27. The molecule has 4 rings (SSSR count). The zero-order valence-corrected chi connectivity index (χ0v) is 18.3. The van der Waals surface area contributed by atoms with Crippen molar-refractivity contribution in [3.8, 4) is 0 Å². The Morgan fingerprint density at radius 2 is 1.76 bits per heavy atom. The highest BCUT2D eigenvalue weighted by Gasteiger charge is 2.65. The van der Waals surface area contributed by atoms with Gasteiger partial charge in [-0.2, -0.15) is 0 Å². The maximum atomic E-state index is 11.5. The van der Waals surface area contributed by atoms with Gasteiger partial charge < -0.3 is 20.4 Å². The van der Waals surface area contributed by atoms with Gasteiger partial charge in [0.15, 0.2) is 0 Å². The fourth-order valence-electron chi connectivity index (χ4n) is 8.68. The van der Waals surface area contributed by atoms with Gasteiger partial charge in [0.1, 0.15) is 0 Å². The second-order valence-electron chi connectivity index (χ2n) is 11.4. The molecule has 4 aliphatic carbocycles. The Kier molecular flexibility index (Phi) is 5.57.